The van der Waals surface area contributed by atoms with Crippen molar-refractivity contribution in [1.29, 1.82) is 0 Å². The van der Waals surface area contributed by atoms with Gasteiger partial charge in [-0.25, -0.2) is 19.0 Å². The molecular formula is C18H21FN4O3S. The molecule has 0 saturated carbocycles. The van der Waals surface area contributed by atoms with Gasteiger partial charge < -0.3 is 19.9 Å². The van der Waals surface area contributed by atoms with Crippen LogP contribution in [0.15, 0.2) is 23.6 Å². The number of aryl methyl sites for hydroxylation is 1. The Hall–Kier alpha value is -2.68. The number of urea groups is 1. The molecule has 1 aromatic carbocycles. The molecule has 0 unspecified atom stereocenters. The van der Waals surface area contributed by atoms with Gasteiger partial charge in [-0.1, -0.05) is 0 Å². The molecule has 1 fully saturated rings. The molecule has 0 aliphatic carbocycles. The first-order valence-corrected chi connectivity index (χ1v) is 9.47. The highest BCUT2D eigenvalue weighted by atomic mass is 32.1. The van der Waals surface area contributed by atoms with E-state index in [0.29, 0.717) is 19.6 Å². The number of esters is 1. The molecule has 1 saturated heterocycles. The number of ether oxygens (including phenoxy) is 1. The minimum Gasteiger partial charge on any atom is -0.465 e. The van der Waals surface area contributed by atoms with E-state index >= 15 is 0 Å². The molecule has 0 spiro atoms. The van der Waals surface area contributed by atoms with E-state index in [9.17, 15) is 14.0 Å². The van der Waals surface area contributed by atoms with Gasteiger partial charge in [-0.05, 0) is 31.5 Å². The number of hydrogen-bond acceptors (Lipinski definition) is 6. The molecule has 2 aromatic rings. The van der Waals surface area contributed by atoms with Crippen LogP contribution < -0.4 is 10.2 Å². The van der Waals surface area contributed by atoms with E-state index in [-0.39, 0.29) is 11.3 Å². The molecule has 0 bridgehead atoms. The van der Waals surface area contributed by atoms with Gasteiger partial charge in [0.15, 0.2) is 5.13 Å². The Kier molecular flexibility index (Phi) is 5.90. The van der Waals surface area contributed by atoms with Crippen molar-refractivity contribution in [3.8, 4) is 0 Å². The summed E-state index contributed by atoms with van der Waals surface area (Å²) in [5.74, 6) is -1.19. The number of carbonyl (C=O) groups excluding carboxylic acids is 2. The fraction of sp³-hybridized carbons (Fsp3) is 0.389. The Morgan fingerprint density at radius 1 is 1.26 bits per heavy atom. The number of methoxy groups -OCH3 is 1. The number of thiazole rings is 1. The SMILES string of the molecule is COC(=O)c1ccc(F)c(NC(=O)N2CCCN(c3nc(C)cs3)CC2)c1. The first kappa shape index (κ1) is 19.1. The summed E-state index contributed by atoms with van der Waals surface area (Å²) in [6.45, 7) is 4.48. The van der Waals surface area contributed by atoms with E-state index in [2.05, 4.69) is 19.9 Å². The molecular weight excluding hydrogens is 371 g/mol. The summed E-state index contributed by atoms with van der Waals surface area (Å²) in [4.78, 5) is 32.5. The highest BCUT2D eigenvalue weighted by Gasteiger charge is 2.22. The maximum Gasteiger partial charge on any atom is 0.337 e. The Bertz CT molecular complexity index is 842. The van der Waals surface area contributed by atoms with Crippen LogP contribution in [0.5, 0.6) is 0 Å². The molecule has 7 nitrogen and oxygen atoms in total. The second kappa shape index (κ2) is 8.34. The Morgan fingerprint density at radius 3 is 2.78 bits per heavy atom. The van der Waals surface area contributed by atoms with Gasteiger partial charge in [-0.3, -0.25) is 0 Å². The van der Waals surface area contributed by atoms with Gasteiger partial charge in [0.2, 0.25) is 0 Å². The summed E-state index contributed by atoms with van der Waals surface area (Å²) in [7, 11) is 1.25. The van der Waals surface area contributed by atoms with Crippen LogP contribution in [-0.4, -0.2) is 55.2 Å². The maximum absolute atomic E-state index is 14.0. The summed E-state index contributed by atoms with van der Waals surface area (Å²) in [5.41, 5.74) is 1.12. The number of nitrogens with zero attached hydrogens (tertiary/aromatic N) is 3. The van der Waals surface area contributed by atoms with Crippen molar-refractivity contribution in [2.24, 2.45) is 0 Å². The number of hydrogen-bond donors (Lipinski definition) is 1. The van der Waals surface area contributed by atoms with Crippen molar-refractivity contribution in [2.75, 3.05) is 43.5 Å². The molecule has 2 amide bonds. The largest absolute Gasteiger partial charge is 0.465 e. The highest BCUT2D eigenvalue weighted by molar-refractivity contribution is 7.13. The fourth-order valence-corrected chi connectivity index (χ4v) is 3.72. The molecule has 1 N–H and O–H groups in total. The van der Waals surface area contributed by atoms with Gasteiger partial charge in [0.25, 0.3) is 0 Å². The Balaban J connectivity index is 1.65. The highest BCUT2D eigenvalue weighted by Crippen LogP contribution is 2.22. The number of amides is 2. The first-order chi connectivity index (χ1) is 13.0. The standard InChI is InChI=1S/C18H21FN4O3S/c1-12-11-27-18(20-12)23-7-3-6-22(8-9-23)17(25)21-15-10-13(16(24)26-2)4-5-14(15)19/h4-5,10-11H,3,6-9H2,1-2H3,(H,21,25). The van der Waals surface area contributed by atoms with E-state index in [1.165, 1.54) is 19.2 Å². The lowest BCUT2D eigenvalue weighted by Crippen LogP contribution is -2.38. The summed E-state index contributed by atoms with van der Waals surface area (Å²) in [5, 5.41) is 5.51. The average molecular weight is 392 g/mol. The number of benzene rings is 1. The Morgan fingerprint density at radius 2 is 2.07 bits per heavy atom. The molecule has 1 aliphatic rings. The van der Waals surface area contributed by atoms with Gasteiger partial charge in [-0.2, -0.15) is 0 Å². The number of carbonyl (C=O) groups is 2. The van der Waals surface area contributed by atoms with Crippen LogP contribution in [0.2, 0.25) is 0 Å². The molecule has 9 heteroatoms. The number of rotatable bonds is 3. The van der Waals surface area contributed by atoms with Crippen LogP contribution >= 0.6 is 11.3 Å². The number of anilines is 2. The maximum atomic E-state index is 14.0. The van der Waals surface area contributed by atoms with Crippen molar-refractivity contribution >= 4 is 34.2 Å². The van der Waals surface area contributed by atoms with Crippen molar-refractivity contribution in [1.82, 2.24) is 9.88 Å². The van der Waals surface area contributed by atoms with Crippen molar-refractivity contribution in [2.45, 2.75) is 13.3 Å². The molecule has 2 heterocycles. The average Bonchev–Trinajstić information content (AvgIpc) is 2.94. The summed E-state index contributed by atoms with van der Waals surface area (Å²) in [6, 6.07) is 3.34. The summed E-state index contributed by atoms with van der Waals surface area (Å²) < 4.78 is 18.7. The smallest absolute Gasteiger partial charge is 0.337 e. The van der Waals surface area contributed by atoms with Gasteiger partial charge in [0.05, 0.1) is 24.1 Å². The number of aromatic nitrogens is 1. The van der Waals surface area contributed by atoms with E-state index in [1.54, 1.807) is 16.2 Å². The van der Waals surface area contributed by atoms with Crippen LogP contribution in [0.4, 0.5) is 20.0 Å². The van der Waals surface area contributed by atoms with E-state index < -0.39 is 17.8 Å². The predicted octanol–water partition coefficient (Wildman–Crippen LogP) is 3.12. The molecule has 1 aliphatic heterocycles. The fourth-order valence-electron chi connectivity index (χ4n) is 2.86. The lowest BCUT2D eigenvalue weighted by molar-refractivity contribution is 0.0600. The molecule has 0 atom stereocenters. The molecule has 144 valence electrons. The molecule has 1 aromatic heterocycles. The van der Waals surface area contributed by atoms with Crippen LogP contribution in [0, 0.1) is 12.7 Å². The zero-order valence-corrected chi connectivity index (χ0v) is 16.0. The van der Waals surface area contributed by atoms with Crippen LogP contribution in [-0.2, 0) is 4.74 Å². The van der Waals surface area contributed by atoms with Gasteiger partial charge >= 0.3 is 12.0 Å². The minimum atomic E-state index is -0.606. The van der Waals surface area contributed by atoms with Crippen molar-refractivity contribution in [3.63, 3.8) is 0 Å². The lowest BCUT2D eigenvalue weighted by atomic mass is 10.2. The summed E-state index contributed by atoms with van der Waals surface area (Å²) >= 11 is 1.59. The monoisotopic (exact) mass is 392 g/mol. The van der Waals surface area contributed by atoms with Gasteiger partial charge in [0.1, 0.15) is 5.82 Å². The van der Waals surface area contributed by atoms with E-state index in [0.717, 1.165) is 29.9 Å². The van der Waals surface area contributed by atoms with Crippen molar-refractivity contribution < 1.29 is 18.7 Å². The predicted molar refractivity (Wildman–Crippen MR) is 102 cm³/mol. The molecule has 3 rings (SSSR count). The van der Waals surface area contributed by atoms with Crippen LogP contribution in [0.1, 0.15) is 22.5 Å². The third-order valence-electron chi connectivity index (χ3n) is 4.29. The van der Waals surface area contributed by atoms with Crippen LogP contribution in [0.25, 0.3) is 0 Å². The van der Waals surface area contributed by atoms with Crippen molar-refractivity contribution in [3.05, 3.63) is 40.7 Å². The topological polar surface area (TPSA) is 74.8 Å². The normalized spacial score (nSPS) is 14.6. The quantitative estimate of drug-likeness (QED) is 0.813. The van der Waals surface area contributed by atoms with Gasteiger partial charge in [0, 0.05) is 31.6 Å². The Labute approximate surface area is 160 Å². The third kappa shape index (κ3) is 4.54. The van der Waals surface area contributed by atoms with E-state index in [1.807, 2.05) is 12.3 Å². The van der Waals surface area contributed by atoms with E-state index in [4.69, 9.17) is 0 Å². The second-order valence-electron chi connectivity index (χ2n) is 6.22. The number of nitrogens with one attached hydrogen (secondary N) is 1. The second-order valence-corrected chi connectivity index (χ2v) is 7.05. The first-order valence-electron chi connectivity index (χ1n) is 8.59. The zero-order valence-electron chi connectivity index (χ0n) is 15.2. The molecule has 0 radical (unpaired) electrons. The molecule has 27 heavy (non-hydrogen) atoms. The van der Waals surface area contributed by atoms with Gasteiger partial charge in [-0.15, -0.1) is 11.3 Å². The zero-order chi connectivity index (χ0) is 19.4. The third-order valence-corrected chi connectivity index (χ3v) is 5.31. The van der Waals surface area contributed by atoms with Crippen LogP contribution in [0.3, 0.4) is 0 Å². The minimum absolute atomic E-state index is 0.0421. The lowest BCUT2D eigenvalue weighted by Gasteiger charge is -2.22. The summed E-state index contributed by atoms with van der Waals surface area (Å²) in [6.07, 6.45) is 0.788. The number of halogens is 1.